The lowest BCUT2D eigenvalue weighted by atomic mass is 9.83. The van der Waals surface area contributed by atoms with Gasteiger partial charge in [0.1, 0.15) is 5.82 Å². The maximum Gasteiger partial charge on any atom is 0.257 e. The SMILES string of the molecule is CCCc1c(O)nc(C2CCc3ccccc3C2)[nH]c1=O. The Bertz CT molecular complexity index is 706. The number of fused-ring (bicyclic) bond motifs is 1. The Morgan fingerprint density at radius 1 is 1.33 bits per heavy atom. The van der Waals surface area contributed by atoms with Crippen LogP contribution in [0, 0.1) is 0 Å². The minimum absolute atomic E-state index is 0.102. The Labute approximate surface area is 123 Å². The topological polar surface area (TPSA) is 66.0 Å². The Morgan fingerprint density at radius 3 is 2.81 bits per heavy atom. The predicted octanol–water partition coefficient (Wildman–Crippen LogP) is 2.70. The maximum absolute atomic E-state index is 12.1. The third-order valence-corrected chi connectivity index (χ3v) is 4.25. The highest BCUT2D eigenvalue weighted by Crippen LogP contribution is 2.31. The smallest absolute Gasteiger partial charge is 0.257 e. The van der Waals surface area contributed by atoms with Crippen molar-refractivity contribution in [3.63, 3.8) is 0 Å². The number of nitrogens with zero attached hydrogens (tertiary/aromatic N) is 1. The Balaban J connectivity index is 1.91. The average Bonchev–Trinajstić information content (AvgIpc) is 2.50. The lowest BCUT2D eigenvalue weighted by Crippen LogP contribution is -2.22. The molecule has 1 atom stereocenters. The summed E-state index contributed by atoms with van der Waals surface area (Å²) in [4.78, 5) is 19.2. The second kappa shape index (κ2) is 5.72. The number of rotatable bonds is 3. The molecule has 0 radical (unpaired) electrons. The van der Waals surface area contributed by atoms with Crippen LogP contribution in [-0.2, 0) is 19.3 Å². The van der Waals surface area contributed by atoms with Crippen molar-refractivity contribution in [3.8, 4) is 5.88 Å². The van der Waals surface area contributed by atoms with Gasteiger partial charge < -0.3 is 10.1 Å². The summed E-state index contributed by atoms with van der Waals surface area (Å²) in [7, 11) is 0. The highest BCUT2D eigenvalue weighted by molar-refractivity contribution is 5.32. The molecule has 0 saturated carbocycles. The first-order chi connectivity index (χ1) is 10.2. The fourth-order valence-corrected chi connectivity index (χ4v) is 3.10. The number of hydrogen-bond donors (Lipinski definition) is 2. The number of nitrogens with one attached hydrogen (secondary N) is 1. The second-order valence-electron chi connectivity index (χ2n) is 5.71. The van der Waals surface area contributed by atoms with Crippen LogP contribution in [-0.4, -0.2) is 15.1 Å². The summed E-state index contributed by atoms with van der Waals surface area (Å²) in [5, 5.41) is 10.00. The van der Waals surface area contributed by atoms with Crippen molar-refractivity contribution >= 4 is 0 Å². The van der Waals surface area contributed by atoms with Crippen molar-refractivity contribution in [3.05, 3.63) is 57.1 Å². The van der Waals surface area contributed by atoms with Gasteiger partial charge in [-0.2, -0.15) is 4.98 Å². The summed E-state index contributed by atoms with van der Waals surface area (Å²) >= 11 is 0. The molecule has 0 aliphatic heterocycles. The minimum atomic E-state index is -0.196. The van der Waals surface area contributed by atoms with Crippen molar-refractivity contribution in [2.75, 3.05) is 0 Å². The zero-order valence-corrected chi connectivity index (χ0v) is 12.2. The lowest BCUT2D eigenvalue weighted by Gasteiger charge is -2.24. The molecule has 2 aromatic rings. The van der Waals surface area contributed by atoms with E-state index in [4.69, 9.17) is 0 Å². The summed E-state index contributed by atoms with van der Waals surface area (Å²) in [5.41, 5.74) is 2.90. The Kier molecular flexibility index (Phi) is 3.78. The fraction of sp³-hybridized carbons (Fsp3) is 0.412. The van der Waals surface area contributed by atoms with Gasteiger partial charge in [0.15, 0.2) is 0 Å². The first-order valence-corrected chi connectivity index (χ1v) is 7.58. The van der Waals surface area contributed by atoms with Crippen LogP contribution in [0.1, 0.15) is 48.2 Å². The third-order valence-electron chi connectivity index (χ3n) is 4.25. The molecule has 1 aromatic carbocycles. The molecule has 1 aliphatic carbocycles. The number of aromatic amines is 1. The second-order valence-corrected chi connectivity index (χ2v) is 5.71. The molecule has 0 bridgehead atoms. The van der Waals surface area contributed by atoms with Crippen molar-refractivity contribution in [1.29, 1.82) is 0 Å². The lowest BCUT2D eigenvalue weighted by molar-refractivity contribution is 0.431. The molecular formula is C17H20N2O2. The Morgan fingerprint density at radius 2 is 2.10 bits per heavy atom. The largest absolute Gasteiger partial charge is 0.493 e. The van der Waals surface area contributed by atoms with Gasteiger partial charge >= 0.3 is 0 Å². The molecule has 1 aliphatic rings. The van der Waals surface area contributed by atoms with Crippen LogP contribution in [0.5, 0.6) is 5.88 Å². The zero-order chi connectivity index (χ0) is 14.8. The predicted molar refractivity (Wildman–Crippen MR) is 81.7 cm³/mol. The quantitative estimate of drug-likeness (QED) is 0.910. The van der Waals surface area contributed by atoms with Gasteiger partial charge in [0.05, 0.1) is 5.56 Å². The molecule has 0 saturated heterocycles. The van der Waals surface area contributed by atoms with Crippen LogP contribution in [0.25, 0.3) is 0 Å². The van der Waals surface area contributed by atoms with Crippen LogP contribution in [0.2, 0.25) is 0 Å². The van der Waals surface area contributed by atoms with Crippen LogP contribution < -0.4 is 5.56 Å². The van der Waals surface area contributed by atoms with E-state index < -0.39 is 0 Å². The van der Waals surface area contributed by atoms with Crippen LogP contribution >= 0.6 is 0 Å². The molecule has 1 unspecified atom stereocenters. The van der Waals surface area contributed by atoms with E-state index >= 15 is 0 Å². The first kappa shape index (κ1) is 13.9. The fourth-order valence-electron chi connectivity index (χ4n) is 3.10. The highest BCUT2D eigenvalue weighted by atomic mass is 16.3. The zero-order valence-electron chi connectivity index (χ0n) is 12.2. The van der Waals surface area contributed by atoms with Gasteiger partial charge in [-0.1, -0.05) is 37.6 Å². The van der Waals surface area contributed by atoms with Gasteiger partial charge in [0.25, 0.3) is 5.56 Å². The van der Waals surface area contributed by atoms with Crippen LogP contribution in [0.15, 0.2) is 29.1 Å². The number of benzene rings is 1. The molecule has 0 fully saturated rings. The summed E-state index contributed by atoms with van der Waals surface area (Å²) in [6, 6.07) is 8.39. The van der Waals surface area contributed by atoms with E-state index in [1.165, 1.54) is 11.1 Å². The number of hydrogen-bond acceptors (Lipinski definition) is 3. The number of aryl methyl sites for hydroxylation is 1. The maximum atomic E-state index is 12.1. The summed E-state index contributed by atoms with van der Waals surface area (Å²) in [6.45, 7) is 1.98. The van der Waals surface area contributed by atoms with Gasteiger partial charge in [-0.3, -0.25) is 4.79 Å². The van der Waals surface area contributed by atoms with E-state index in [2.05, 4.69) is 28.2 Å². The van der Waals surface area contributed by atoms with E-state index in [1.54, 1.807) is 0 Å². The molecule has 3 rings (SSSR count). The number of aromatic hydroxyl groups is 1. The van der Waals surface area contributed by atoms with Crippen molar-refractivity contribution in [2.24, 2.45) is 0 Å². The molecule has 2 N–H and O–H groups in total. The standard InChI is InChI=1S/C17H20N2O2/c1-2-5-14-16(20)18-15(19-17(14)21)13-9-8-11-6-3-4-7-12(11)10-13/h3-4,6-7,13H,2,5,8-10H2,1H3,(H2,18,19,20,21). The van der Waals surface area contributed by atoms with Crippen molar-refractivity contribution in [1.82, 2.24) is 9.97 Å². The molecule has 1 aromatic heterocycles. The van der Waals surface area contributed by atoms with Crippen LogP contribution in [0.3, 0.4) is 0 Å². The molecule has 1 heterocycles. The molecule has 21 heavy (non-hydrogen) atoms. The summed E-state index contributed by atoms with van der Waals surface area (Å²) in [5.74, 6) is 0.690. The third kappa shape index (κ3) is 2.71. The molecule has 4 heteroatoms. The Hall–Kier alpha value is -2.10. The molecular weight excluding hydrogens is 264 g/mol. The van der Waals surface area contributed by atoms with Gasteiger partial charge in [-0.15, -0.1) is 0 Å². The number of H-pyrrole nitrogens is 1. The minimum Gasteiger partial charge on any atom is -0.493 e. The van der Waals surface area contributed by atoms with Gasteiger partial charge in [-0.25, -0.2) is 0 Å². The van der Waals surface area contributed by atoms with Crippen molar-refractivity contribution in [2.45, 2.75) is 44.9 Å². The average molecular weight is 284 g/mol. The van der Waals surface area contributed by atoms with Gasteiger partial charge in [0.2, 0.25) is 5.88 Å². The van der Waals surface area contributed by atoms with Gasteiger partial charge in [-0.05, 0) is 36.8 Å². The molecule has 0 spiro atoms. The summed E-state index contributed by atoms with van der Waals surface area (Å²) in [6.07, 6.45) is 4.18. The summed E-state index contributed by atoms with van der Waals surface area (Å²) < 4.78 is 0. The van der Waals surface area contributed by atoms with E-state index in [9.17, 15) is 9.90 Å². The van der Waals surface area contributed by atoms with Crippen LogP contribution in [0.4, 0.5) is 0 Å². The van der Waals surface area contributed by atoms with E-state index in [-0.39, 0.29) is 17.4 Å². The molecule has 110 valence electrons. The highest BCUT2D eigenvalue weighted by Gasteiger charge is 2.23. The van der Waals surface area contributed by atoms with E-state index in [0.717, 1.165) is 25.7 Å². The molecule has 4 nitrogen and oxygen atoms in total. The molecule has 0 amide bonds. The number of aromatic nitrogens is 2. The van der Waals surface area contributed by atoms with E-state index in [0.29, 0.717) is 17.8 Å². The van der Waals surface area contributed by atoms with Gasteiger partial charge in [0, 0.05) is 5.92 Å². The first-order valence-electron chi connectivity index (χ1n) is 7.58. The van der Waals surface area contributed by atoms with Crippen molar-refractivity contribution < 1.29 is 5.11 Å². The van der Waals surface area contributed by atoms with E-state index in [1.807, 2.05) is 13.0 Å². The normalized spacial score (nSPS) is 17.5. The monoisotopic (exact) mass is 284 g/mol.